The van der Waals surface area contributed by atoms with Gasteiger partial charge in [0.1, 0.15) is 12.2 Å². The summed E-state index contributed by atoms with van der Waals surface area (Å²) in [5.41, 5.74) is 2.36. The van der Waals surface area contributed by atoms with Crippen molar-refractivity contribution in [2.45, 2.75) is 6.54 Å². The van der Waals surface area contributed by atoms with Crippen LogP contribution in [0.5, 0.6) is 0 Å². The van der Waals surface area contributed by atoms with E-state index in [9.17, 15) is 4.79 Å². The number of hydrogen-bond donors (Lipinski definition) is 1. The first-order valence-corrected chi connectivity index (χ1v) is 9.18. The number of nitrogens with zero attached hydrogens (tertiary/aromatic N) is 6. The zero-order chi connectivity index (χ0) is 19.5. The summed E-state index contributed by atoms with van der Waals surface area (Å²) in [5, 5.41) is 2.93. The molecule has 4 rings (SSSR count). The van der Waals surface area contributed by atoms with Gasteiger partial charge in [-0.1, -0.05) is 12.1 Å². The smallest absolute Gasteiger partial charge is 0.244 e. The van der Waals surface area contributed by atoms with Gasteiger partial charge in [0.2, 0.25) is 11.9 Å². The number of carbonyl (C=O) groups excluding carboxylic acids is 1. The predicted molar refractivity (Wildman–Crippen MR) is 108 cm³/mol. The maximum atomic E-state index is 12.6. The second-order valence-corrected chi connectivity index (χ2v) is 6.81. The minimum Gasteiger partial charge on any atom is -0.378 e. The average molecular weight is 381 g/mol. The number of hydrogen-bond acceptors (Lipinski definition) is 7. The summed E-state index contributed by atoms with van der Waals surface area (Å²) in [6, 6.07) is 7.73. The third kappa shape index (κ3) is 3.74. The second-order valence-electron chi connectivity index (χ2n) is 6.81. The number of nitrogens with one attached hydrogen (secondary N) is 1. The molecule has 0 bridgehead atoms. The van der Waals surface area contributed by atoms with E-state index in [1.54, 1.807) is 12.5 Å². The van der Waals surface area contributed by atoms with Crippen LogP contribution in [-0.2, 0) is 16.1 Å². The molecule has 9 nitrogen and oxygen atoms in total. The minimum atomic E-state index is -0.158. The summed E-state index contributed by atoms with van der Waals surface area (Å²) in [6.45, 7) is 3.01. The van der Waals surface area contributed by atoms with Gasteiger partial charge in [-0.2, -0.15) is 4.98 Å². The number of amides is 1. The molecule has 1 aromatic carbocycles. The number of rotatable bonds is 5. The van der Waals surface area contributed by atoms with E-state index in [1.807, 2.05) is 47.8 Å². The molecule has 2 aromatic heterocycles. The van der Waals surface area contributed by atoms with Crippen LogP contribution < -0.4 is 15.1 Å². The van der Waals surface area contributed by atoms with Crippen molar-refractivity contribution in [2.75, 3.05) is 55.5 Å². The molecule has 1 aliphatic heterocycles. The van der Waals surface area contributed by atoms with Gasteiger partial charge in [-0.25, -0.2) is 9.97 Å². The quantitative estimate of drug-likeness (QED) is 0.714. The lowest BCUT2D eigenvalue weighted by atomic mass is 10.3. The van der Waals surface area contributed by atoms with E-state index in [1.165, 1.54) is 0 Å². The highest BCUT2D eigenvalue weighted by Crippen LogP contribution is 2.24. The molecule has 1 amide bonds. The van der Waals surface area contributed by atoms with Crippen LogP contribution in [0.3, 0.4) is 0 Å². The zero-order valence-corrected chi connectivity index (χ0v) is 16.0. The average Bonchev–Trinajstić information content (AvgIpc) is 3.11. The van der Waals surface area contributed by atoms with Crippen LogP contribution in [0.2, 0.25) is 0 Å². The van der Waals surface area contributed by atoms with Crippen molar-refractivity contribution in [3.05, 3.63) is 36.8 Å². The molecule has 3 aromatic rings. The predicted octanol–water partition coefficient (Wildman–Crippen LogP) is 1.37. The van der Waals surface area contributed by atoms with E-state index < -0.39 is 0 Å². The number of benzene rings is 1. The van der Waals surface area contributed by atoms with Gasteiger partial charge in [0.05, 0.1) is 36.8 Å². The Morgan fingerprint density at radius 1 is 1.21 bits per heavy atom. The van der Waals surface area contributed by atoms with Crippen molar-refractivity contribution in [1.29, 1.82) is 0 Å². The maximum absolute atomic E-state index is 12.6. The topological polar surface area (TPSA) is 88.4 Å². The molecule has 9 heteroatoms. The molecule has 1 aliphatic rings. The van der Waals surface area contributed by atoms with E-state index in [2.05, 4.69) is 25.2 Å². The molecule has 1 N–H and O–H groups in total. The fourth-order valence-electron chi connectivity index (χ4n) is 3.19. The van der Waals surface area contributed by atoms with Gasteiger partial charge >= 0.3 is 0 Å². The van der Waals surface area contributed by atoms with Gasteiger partial charge in [-0.05, 0) is 12.1 Å². The van der Waals surface area contributed by atoms with Gasteiger partial charge in [0.15, 0.2) is 5.82 Å². The Hall–Kier alpha value is -3.20. The van der Waals surface area contributed by atoms with Gasteiger partial charge < -0.3 is 24.4 Å². The van der Waals surface area contributed by atoms with Gasteiger partial charge in [0.25, 0.3) is 0 Å². The Labute approximate surface area is 163 Å². The van der Waals surface area contributed by atoms with Crippen LogP contribution in [0, 0.1) is 0 Å². The van der Waals surface area contributed by atoms with Crippen molar-refractivity contribution in [2.24, 2.45) is 0 Å². The lowest BCUT2D eigenvalue weighted by Crippen LogP contribution is -2.37. The monoisotopic (exact) mass is 381 g/mol. The molecule has 0 atom stereocenters. The normalized spacial score (nSPS) is 14.3. The molecule has 28 heavy (non-hydrogen) atoms. The van der Waals surface area contributed by atoms with Crippen molar-refractivity contribution < 1.29 is 9.53 Å². The molecule has 0 spiro atoms. The zero-order valence-electron chi connectivity index (χ0n) is 16.0. The standard InChI is InChI=1S/C19H23N7O2/c1-24(2)18-15(11-20-19(23-18)25-7-9-28-10-8-25)22-17(27)12-26-13-21-14-5-3-4-6-16(14)26/h3-6,11,13H,7-10,12H2,1-2H3,(H,22,27). The Morgan fingerprint density at radius 2 is 2.00 bits per heavy atom. The van der Waals surface area contributed by atoms with Crippen molar-refractivity contribution in [1.82, 2.24) is 19.5 Å². The van der Waals surface area contributed by atoms with E-state index in [-0.39, 0.29) is 12.5 Å². The Balaban J connectivity index is 1.52. The van der Waals surface area contributed by atoms with Crippen molar-refractivity contribution in [3.8, 4) is 0 Å². The van der Waals surface area contributed by atoms with Gasteiger partial charge in [-0.15, -0.1) is 0 Å². The van der Waals surface area contributed by atoms with Crippen LogP contribution in [0.25, 0.3) is 11.0 Å². The SMILES string of the molecule is CN(C)c1nc(N2CCOCC2)ncc1NC(=O)Cn1cnc2ccccc21. The molecule has 0 aliphatic carbocycles. The van der Waals surface area contributed by atoms with Crippen molar-refractivity contribution >= 4 is 34.4 Å². The number of para-hydroxylation sites is 2. The van der Waals surface area contributed by atoms with E-state index >= 15 is 0 Å². The lowest BCUT2D eigenvalue weighted by molar-refractivity contribution is -0.116. The maximum Gasteiger partial charge on any atom is 0.244 e. The Bertz CT molecular complexity index is 979. The largest absolute Gasteiger partial charge is 0.378 e. The first-order valence-electron chi connectivity index (χ1n) is 9.18. The van der Waals surface area contributed by atoms with Crippen molar-refractivity contribution in [3.63, 3.8) is 0 Å². The first-order chi connectivity index (χ1) is 13.6. The number of anilines is 3. The number of imidazole rings is 1. The summed E-state index contributed by atoms with van der Waals surface area (Å²) in [4.78, 5) is 30.0. The summed E-state index contributed by atoms with van der Waals surface area (Å²) in [6.07, 6.45) is 3.34. The Morgan fingerprint density at radius 3 is 2.79 bits per heavy atom. The molecular formula is C19H23N7O2. The van der Waals surface area contributed by atoms with Gasteiger partial charge in [-0.3, -0.25) is 4.79 Å². The first kappa shape index (κ1) is 18.2. The van der Waals surface area contributed by atoms with Crippen LogP contribution in [0.1, 0.15) is 0 Å². The molecule has 0 unspecified atom stereocenters. The lowest BCUT2D eigenvalue weighted by Gasteiger charge is -2.28. The van der Waals surface area contributed by atoms with Gasteiger partial charge in [0, 0.05) is 27.2 Å². The minimum absolute atomic E-state index is 0.158. The molecule has 146 valence electrons. The second kappa shape index (κ2) is 7.81. The molecule has 0 saturated carbocycles. The molecule has 3 heterocycles. The van der Waals surface area contributed by atoms with E-state index in [4.69, 9.17) is 4.74 Å². The number of fused-ring (bicyclic) bond motifs is 1. The molecule has 0 radical (unpaired) electrons. The fraction of sp³-hybridized carbons (Fsp3) is 0.368. The number of morpholine rings is 1. The van der Waals surface area contributed by atoms with Crippen LogP contribution in [-0.4, -0.2) is 65.8 Å². The summed E-state index contributed by atoms with van der Waals surface area (Å²) >= 11 is 0. The summed E-state index contributed by atoms with van der Waals surface area (Å²) in [7, 11) is 3.79. The third-order valence-corrected chi connectivity index (χ3v) is 4.59. The fourth-order valence-corrected chi connectivity index (χ4v) is 3.19. The molecule has 1 fully saturated rings. The summed E-state index contributed by atoms with van der Waals surface area (Å²) < 4.78 is 7.21. The number of ether oxygens (including phenoxy) is 1. The Kier molecular flexibility index (Phi) is 5.07. The highest BCUT2D eigenvalue weighted by atomic mass is 16.5. The summed E-state index contributed by atoms with van der Waals surface area (Å²) in [5.74, 6) is 1.15. The van der Waals surface area contributed by atoms with E-state index in [0.717, 1.165) is 24.1 Å². The van der Waals surface area contributed by atoms with Crippen LogP contribution in [0.4, 0.5) is 17.5 Å². The molecular weight excluding hydrogens is 358 g/mol. The molecule has 1 saturated heterocycles. The van der Waals surface area contributed by atoms with Crippen LogP contribution >= 0.6 is 0 Å². The number of aromatic nitrogens is 4. The highest BCUT2D eigenvalue weighted by Gasteiger charge is 2.18. The highest BCUT2D eigenvalue weighted by molar-refractivity contribution is 5.94. The van der Waals surface area contributed by atoms with Crippen LogP contribution in [0.15, 0.2) is 36.8 Å². The third-order valence-electron chi connectivity index (χ3n) is 4.59. The van der Waals surface area contributed by atoms with E-state index in [0.29, 0.717) is 30.7 Å². The number of carbonyl (C=O) groups is 1.